The van der Waals surface area contributed by atoms with Gasteiger partial charge in [-0.25, -0.2) is 0 Å². The first-order valence-corrected chi connectivity index (χ1v) is 11.6. The Morgan fingerprint density at radius 3 is 2.30 bits per heavy atom. The molecule has 0 spiro atoms. The number of piperazine rings is 1. The normalized spacial score (nSPS) is 14.8. The van der Waals surface area contributed by atoms with Gasteiger partial charge in [-0.1, -0.05) is 60.7 Å². The molecule has 0 radical (unpaired) electrons. The van der Waals surface area contributed by atoms with Crippen LogP contribution >= 0.6 is 0 Å². The molecule has 0 unspecified atom stereocenters. The Balaban J connectivity index is 1.65. The van der Waals surface area contributed by atoms with Gasteiger partial charge in [-0.3, -0.25) is 4.79 Å². The summed E-state index contributed by atoms with van der Waals surface area (Å²) in [5.41, 5.74) is 6.35. The predicted molar refractivity (Wildman–Crippen MR) is 139 cm³/mol. The second kappa shape index (κ2) is 10.6. The Morgan fingerprint density at radius 1 is 0.879 bits per heavy atom. The zero-order chi connectivity index (χ0) is 23.2. The van der Waals surface area contributed by atoms with Crippen LogP contribution in [-0.4, -0.2) is 62.9 Å². The predicted octanol–water partition coefficient (Wildman–Crippen LogP) is 5.06. The number of benzene rings is 3. The summed E-state index contributed by atoms with van der Waals surface area (Å²) in [5, 5.41) is 0. The highest BCUT2D eigenvalue weighted by Gasteiger charge is 2.17. The number of anilines is 1. The molecule has 1 heterocycles. The van der Waals surface area contributed by atoms with E-state index in [0.29, 0.717) is 0 Å². The number of hydrogen-bond acceptors (Lipinski definition) is 4. The van der Waals surface area contributed by atoms with Crippen LogP contribution in [-0.2, 0) is 6.54 Å². The van der Waals surface area contributed by atoms with Gasteiger partial charge in [-0.2, -0.15) is 0 Å². The summed E-state index contributed by atoms with van der Waals surface area (Å²) >= 11 is 0. The van der Waals surface area contributed by atoms with Gasteiger partial charge in [0.05, 0.1) is 0 Å². The second-order valence-electron chi connectivity index (χ2n) is 9.06. The van der Waals surface area contributed by atoms with E-state index in [4.69, 9.17) is 0 Å². The summed E-state index contributed by atoms with van der Waals surface area (Å²) in [6, 6.07) is 24.8. The lowest BCUT2D eigenvalue weighted by Crippen LogP contribution is -2.44. The highest BCUT2D eigenvalue weighted by molar-refractivity contribution is 6.08. The number of carbonyl (C=O) groups is 1. The average Bonchev–Trinajstić information content (AvgIpc) is 2.83. The average molecular weight is 440 g/mol. The fourth-order valence-electron chi connectivity index (χ4n) is 4.24. The van der Waals surface area contributed by atoms with Crippen molar-refractivity contribution in [3.8, 4) is 11.1 Å². The van der Waals surface area contributed by atoms with Crippen LogP contribution in [0.4, 0.5) is 5.69 Å². The topological polar surface area (TPSA) is 26.8 Å². The van der Waals surface area contributed by atoms with Crippen molar-refractivity contribution in [1.29, 1.82) is 0 Å². The molecule has 0 aromatic heterocycles. The van der Waals surface area contributed by atoms with Gasteiger partial charge >= 0.3 is 0 Å². The number of hydrogen-bond donors (Lipinski definition) is 0. The van der Waals surface area contributed by atoms with Crippen molar-refractivity contribution < 1.29 is 4.79 Å². The molecule has 0 bridgehead atoms. The first kappa shape index (κ1) is 23.0. The van der Waals surface area contributed by atoms with Crippen molar-refractivity contribution in [3.63, 3.8) is 0 Å². The van der Waals surface area contributed by atoms with Crippen LogP contribution in [0.3, 0.4) is 0 Å². The molecular weight excluding hydrogens is 406 g/mol. The minimum absolute atomic E-state index is 0.0304. The van der Waals surface area contributed by atoms with Crippen LogP contribution in [0.5, 0.6) is 0 Å². The molecule has 4 rings (SSSR count). The van der Waals surface area contributed by atoms with Crippen molar-refractivity contribution in [3.05, 3.63) is 95.6 Å². The highest BCUT2D eigenvalue weighted by atomic mass is 16.1. The van der Waals surface area contributed by atoms with Crippen molar-refractivity contribution in [2.45, 2.75) is 6.54 Å². The molecule has 33 heavy (non-hydrogen) atoms. The first-order chi connectivity index (χ1) is 16.0. The molecule has 1 fully saturated rings. The lowest BCUT2D eigenvalue weighted by Gasteiger charge is -2.34. The van der Waals surface area contributed by atoms with Crippen LogP contribution in [0.15, 0.2) is 78.9 Å². The molecule has 3 aromatic carbocycles. The Kier molecular flexibility index (Phi) is 7.38. The maximum Gasteiger partial charge on any atom is 0.185 e. The Hall–Kier alpha value is -3.21. The van der Waals surface area contributed by atoms with Crippen LogP contribution in [0.1, 0.15) is 21.5 Å². The monoisotopic (exact) mass is 439 g/mol. The van der Waals surface area contributed by atoms with Gasteiger partial charge in [0.1, 0.15) is 0 Å². The Bertz CT molecular complexity index is 1110. The maximum atomic E-state index is 13.3. The number of nitrogens with zero attached hydrogens (tertiary/aromatic N) is 3. The number of allylic oxidation sites excluding steroid dienone is 1. The first-order valence-electron chi connectivity index (χ1n) is 11.6. The van der Waals surface area contributed by atoms with Gasteiger partial charge in [-0.15, -0.1) is 0 Å². The fourth-order valence-corrected chi connectivity index (χ4v) is 4.24. The maximum absolute atomic E-state index is 13.3. The minimum Gasteiger partial charge on any atom is -0.369 e. The van der Waals surface area contributed by atoms with Crippen molar-refractivity contribution >= 4 is 17.5 Å². The quantitative estimate of drug-likeness (QED) is 0.380. The third kappa shape index (κ3) is 5.98. The number of ketones is 1. The summed E-state index contributed by atoms with van der Waals surface area (Å²) in [6.45, 7) is 4.83. The van der Waals surface area contributed by atoms with E-state index in [9.17, 15) is 4.79 Å². The molecule has 4 nitrogen and oxygen atoms in total. The molecule has 0 saturated carbocycles. The standard InChI is InChI=1S/C29H33N3O/c1-30(2)22-25-12-8-7-11-24(25)13-14-29(33)27-19-26(23-9-5-4-6-10-23)20-28(21-27)32-17-15-31(3)16-18-32/h4-14,19-21H,15-18,22H2,1-3H3/b14-13+. The molecule has 170 valence electrons. The van der Waals surface area contributed by atoms with Crippen LogP contribution in [0, 0.1) is 0 Å². The van der Waals surface area contributed by atoms with Gasteiger partial charge < -0.3 is 14.7 Å². The largest absolute Gasteiger partial charge is 0.369 e. The summed E-state index contributed by atoms with van der Waals surface area (Å²) in [6.07, 6.45) is 3.66. The molecule has 0 atom stereocenters. The zero-order valence-corrected chi connectivity index (χ0v) is 19.9. The number of carbonyl (C=O) groups excluding carboxylic acids is 1. The van der Waals surface area contributed by atoms with E-state index < -0.39 is 0 Å². The summed E-state index contributed by atoms with van der Waals surface area (Å²) in [4.78, 5) is 20.2. The molecule has 0 aliphatic carbocycles. The summed E-state index contributed by atoms with van der Waals surface area (Å²) < 4.78 is 0. The smallest absolute Gasteiger partial charge is 0.185 e. The van der Waals surface area contributed by atoms with E-state index in [-0.39, 0.29) is 5.78 Å². The Morgan fingerprint density at radius 2 is 1.58 bits per heavy atom. The van der Waals surface area contributed by atoms with E-state index in [1.54, 1.807) is 6.08 Å². The van der Waals surface area contributed by atoms with Gasteiger partial charge in [-0.05, 0) is 67.7 Å². The van der Waals surface area contributed by atoms with Crippen molar-refractivity contribution in [1.82, 2.24) is 9.80 Å². The van der Waals surface area contributed by atoms with E-state index in [2.05, 4.69) is 72.2 Å². The van der Waals surface area contributed by atoms with Crippen molar-refractivity contribution in [2.75, 3.05) is 52.2 Å². The lowest BCUT2D eigenvalue weighted by atomic mass is 9.98. The van der Waals surface area contributed by atoms with Gasteiger partial charge in [0, 0.05) is 44.0 Å². The molecule has 4 heteroatoms. The SMILES string of the molecule is CN(C)Cc1ccccc1/C=C/C(=O)c1cc(-c2ccccc2)cc(N2CCN(C)CC2)c1. The Labute approximate surface area is 197 Å². The van der Waals surface area contributed by atoms with Crippen LogP contribution in [0.25, 0.3) is 17.2 Å². The molecular formula is C29H33N3O. The molecule has 3 aromatic rings. The van der Waals surface area contributed by atoms with Gasteiger partial charge in [0.2, 0.25) is 0 Å². The third-order valence-corrected chi connectivity index (χ3v) is 6.13. The van der Waals surface area contributed by atoms with E-state index in [1.165, 1.54) is 5.56 Å². The molecule has 1 saturated heterocycles. The lowest BCUT2D eigenvalue weighted by molar-refractivity contribution is 0.104. The number of likely N-dealkylation sites (N-methyl/N-ethyl adjacent to an activating group) is 1. The molecule has 0 N–H and O–H groups in total. The van der Waals surface area contributed by atoms with Gasteiger partial charge in [0.25, 0.3) is 0 Å². The zero-order valence-electron chi connectivity index (χ0n) is 19.9. The minimum atomic E-state index is 0.0304. The molecule has 0 amide bonds. The van der Waals surface area contributed by atoms with Crippen LogP contribution in [0.2, 0.25) is 0 Å². The van der Waals surface area contributed by atoms with E-state index in [1.807, 2.05) is 42.5 Å². The number of rotatable bonds is 7. The third-order valence-electron chi connectivity index (χ3n) is 6.13. The molecule has 1 aliphatic rings. The van der Waals surface area contributed by atoms with Gasteiger partial charge in [0.15, 0.2) is 5.78 Å². The second-order valence-corrected chi connectivity index (χ2v) is 9.06. The summed E-state index contributed by atoms with van der Waals surface area (Å²) in [5.74, 6) is 0.0304. The van der Waals surface area contributed by atoms with E-state index in [0.717, 1.165) is 60.7 Å². The van der Waals surface area contributed by atoms with E-state index >= 15 is 0 Å². The molecule has 1 aliphatic heterocycles. The highest BCUT2D eigenvalue weighted by Crippen LogP contribution is 2.28. The van der Waals surface area contributed by atoms with Crippen molar-refractivity contribution in [2.24, 2.45) is 0 Å². The van der Waals surface area contributed by atoms with Crippen LogP contribution < -0.4 is 4.90 Å². The fraction of sp³-hybridized carbons (Fsp3) is 0.276. The summed E-state index contributed by atoms with van der Waals surface area (Å²) in [7, 11) is 6.27.